The summed E-state index contributed by atoms with van der Waals surface area (Å²) < 4.78 is 13.6. The number of rotatable bonds is 6. The fourth-order valence-corrected chi connectivity index (χ4v) is 4.76. The minimum Gasteiger partial charge on any atom is -0.389 e. The third-order valence-corrected chi connectivity index (χ3v) is 6.21. The van der Waals surface area contributed by atoms with Crippen LogP contribution in [0.1, 0.15) is 61.8 Å². The fraction of sp³-hybridized carbons (Fsp3) is 0.850. The van der Waals surface area contributed by atoms with Gasteiger partial charge in [-0.1, -0.05) is 0 Å². The van der Waals surface area contributed by atoms with Gasteiger partial charge in [-0.25, -0.2) is 4.98 Å². The number of nitrogens with zero attached hydrogens (tertiary/aromatic N) is 3. The lowest BCUT2D eigenvalue weighted by molar-refractivity contribution is -0.0648. The Labute approximate surface area is 156 Å². The molecule has 0 bridgehead atoms. The van der Waals surface area contributed by atoms with Gasteiger partial charge in [-0.15, -0.1) is 0 Å². The first kappa shape index (κ1) is 18.4. The fourth-order valence-electron chi connectivity index (χ4n) is 4.76. The second-order valence-corrected chi connectivity index (χ2v) is 8.08. The average Bonchev–Trinajstić information content (AvgIpc) is 3.25. The lowest BCUT2D eigenvalue weighted by atomic mass is 10.0. The number of ether oxygens (including phenoxy) is 2. The van der Waals surface area contributed by atoms with Gasteiger partial charge >= 0.3 is 0 Å². The molecule has 1 N–H and O–H groups in total. The Bertz CT molecular complexity index is 597. The van der Waals surface area contributed by atoms with Crippen LogP contribution < -0.4 is 0 Å². The van der Waals surface area contributed by atoms with Crippen molar-refractivity contribution in [2.24, 2.45) is 7.05 Å². The second-order valence-electron chi connectivity index (χ2n) is 8.08. The first-order chi connectivity index (χ1) is 12.7. The maximum atomic E-state index is 10.5. The van der Waals surface area contributed by atoms with Gasteiger partial charge in [0.05, 0.1) is 30.6 Å². The van der Waals surface area contributed by atoms with E-state index >= 15 is 0 Å². The summed E-state index contributed by atoms with van der Waals surface area (Å²) in [7, 11) is 2.17. The van der Waals surface area contributed by atoms with E-state index in [-0.39, 0.29) is 6.10 Å². The molecule has 4 rings (SSSR count). The summed E-state index contributed by atoms with van der Waals surface area (Å²) in [6.07, 6.45) is 8.83. The van der Waals surface area contributed by atoms with Gasteiger partial charge in [0.15, 0.2) is 0 Å². The first-order valence-electron chi connectivity index (χ1n) is 10.4. The Kier molecular flexibility index (Phi) is 5.93. The van der Waals surface area contributed by atoms with Crippen LogP contribution in [0.4, 0.5) is 0 Å². The molecule has 0 radical (unpaired) electrons. The van der Waals surface area contributed by atoms with Crippen molar-refractivity contribution in [3.05, 3.63) is 17.2 Å². The Balaban J connectivity index is 1.35. The van der Waals surface area contributed by atoms with E-state index in [9.17, 15) is 5.11 Å². The highest BCUT2D eigenvalue weighted by atomic mass is 16.5. The number of aliphatic hydroxyl groups is 1. The third-order valence-electron chi connectivity index (χ3n) is 6.21. The lowest BCUT2D eigenvalue weighted by Gasteiger charge is -2.28. The molecule has 3 heterocycles. The molecule has 0 spiro atoms. The van der Waals surface area contributed by atoms with Crippen LogP contribution in [0.25, 0.3) is 0 Å². The van der Waals surface area contributed by atoms with E-state index in [2.05, 4.69) is 16.5 Å². The average molecular weight is 364 g/mol. The molecule has 6 nitrogen and oxygen atoms in total. The number of hydrogen-bond donors (Lipinski definition) is 1. The summed E-state index contributed by atoms with van der Waals surface area (Å²) in [5, 5.41) is 10.5. The molecule has 146 valence electrons. The summed E-state index contributed by atoms with van der Waals surface area (Å²) in [4.78, 5) is 7.41. The van der Waals surface area contributed by atoms with Crippen molar-refractivity contribution in [2.45, 2.75) is 69.6 Å². The van der Waals surface area contributed by atoms with Gasteiger partial charge in [0, 0.05) is 32.5 Å². The molecule has 2 fully saturated rings. The minimum atomic E-state index is -0.437. The van der Waals surface area contributed by atoms with Crippen molar-refractivity contribution < 1.29 is 14.6 Å². The monoisotopic (exact) mass is 363 g/mol. The van der Waals surface area contributed by atoms with Crippen LogP contribution in [0.2, 0.25) is 0 Å². The molecule has 2 saturated heterocycles. The van der Waals surface area contributed by atoms with Gasteiger partial charge in [0.2, 0.25) is 0 Å². The van der Waals surface area contributed by atoms with Gasteiger partial charge in [0.25, 0.3) is 0 Å². The summed E-state index contributed by atoms with van der Waals surface area (Å²) in [6, 6.07) is 0.336. The van der Waals surface area contributed by atoms with E-state index < -0.39 is 6.10 Å². The zero-order valence-electron chi connectivity index (χ0n) is 16.0. The maximum absolute atomic E-state index is 10.5. The van der Waals surface area contributed by atoms with Crippen molar-refractivity contribution >= 4 is 0 Å². The molecule has 0 amide bonds. The molecular weight excluding hydrogens is 330 g/mol. The SMILES string of the molecule is Cn1c([C@@H]2CCCN2C[C@@H](O)COC2CCOCC2)nc2c1CCCC2. The molecule has 1 aromatic rings. The zero-order chi connectivity index (χ0) is 17.9. The second kappa shape index (κ2) is 8.38. The molecule has 0 aromatic carbocycles. The van der Waals surface area contributed by atoms with E-state index in [0.29, 0.717) is 19.2 Å². The highest BCUT2D eigenvalue weighted by Crippen LogP contribution is 2.33. The summed E-state index contributed by atoms with van der Waals surface area (Å²) in [5.41, 5.74) is 2.74. The van der Waals surface area contributed by atoms with E-state index in [1.54, 1.807) is 0 Å². The molecule has 6 heteroatoms. The first-order valence-corrected chi connectivity index (χ1v) is 10.4. The Morgan fingerprint density at radius 1 is 1.19 bits per heavy atom. The van der Waals surface area contributed by atoms with Crippen molar-refractivity contribution in [3.8, 4) is 0 Å². The van der Waals surface area contributed by atoms with Crippen LogP contribution in [-0.2, 0) is 29.4 Å². The predicted molar refractivity (Wildman–Crippen MR) is 99.2 cm³/mol. The predicted octanol–water partition coefficient (Wildman–Crippen LogP) is 1.99. The number of likely N-dealkylation sites (tertiary alicyclic amines) is 1. The Morgan fingerprint density at radius 2 is 2.00 bits per heavy atom. The maximum Gasteiger partial charge on any atom is 0.126 e. The smallest absolute Gasteiger partial charge is 0.126 e. The lowest BCUT2D eigenvalue weighted by Crippen LogP contribution is -2.37. The third kappa shape index (κ3) is 3.98. The molecule has 1 aliphatic carbocycles. The van der Waals surface area contributed by atoms with E-state index in [1.165, 1.54) is 36.5 Å². The number of hydrogen-bond acceptors (Lipinski definition) is 5. The standard InChI is InChI=1S/C20H33N3O3/c1-22-18-6-3-2-5-17(18)21-20(22)19-7-4-10-23(19)13-15(24)14-26-16-8-11-25-12-9-16/h15-16,19,24H,2-14H2,1H3/t15-,19+/m1/s1. The Hall–Kier alpha value is -0.950. The van der Waals surface area contributed by atoms with Gasteiger partial charge in [0.1, 0.15) is 5.82 Å². The summed E-state index contributed by atoms with van der Waals surface area (Å²) in [6.45, 7) is 3.68. The number of fused-ring (bicyclic) bond motifs is 1. The van der Waals surface area contributed by atoms with Gasteiger partial charge in [-0.3, -0.25) is 4.90 Å². The van der Waals surface area contributed by atoms with Gasteiger partial charge < -0.3 is 19.1 Å². The molecular formula is C20H33N3O3. The van der Waals surface area contributed by atoms with Crippen molar-refractivity contribution in [1.82, 2.24) is 14.5 Å². The van der Waals surface area contributed by atoms with Crippen LogP contribution in [0.15, 0.2) is 0 Å². The van der Waals surface area contributed by atoms with Gasteiger partial charge in [-0.05, 0) is 57.9 Å². The van der Waals surface area contributed by atoms with E-state index in [1.807, 2.05) is 0 Å². The molecule has 3 aliphatic rings. The molecule has 2 atom stereocenters. The topological polar surface area (TPSA) is 59.8 Å². The summed E-state index contributed by atoms with van der Waals surface area (Å²) in [5.74, 6) is 1.20. The molecule has 0 saturated carbocycles. The summed E-state index contributed by atoms with van der Waals surface area (Å²) >= 11 is 0. The molecule has 0 unspecified atom stereocenters. The number of aryl methyl sites for hydroxylation is 1. The zero-order valence-corrected chi connectivity index (χ0v) is 16.0. The van der Waals surface area contributed by atoms with Crippen LogP contribution >= 0.6 is 0 Å². The highest BCUT2D eigenvalue weighted by molar-refractivity contribution is 5.22. The van der Waals surface area contributed by atoms with Crippen LogP contribution in [0.5, 0.6) is 0 Å². The van der Waals surface area contributed by atoms with Crippen LogP contribution in [0.3, 0.4) is 0 Å². The van der Waals surface area contributed by atoms with Crippen molar-refractivity contribution in [2.75, 3.05) is 32.9 Å². The molecule has 26 heavy (non-hydrogen) atoms. The molecule has 2 aliphatic heterocycles. The normalized spacial score (nSPS) is 26.2. The number of imidazole rings is 1. The largest absolute Gasteiger partial charge is 0.389 e. The highest BCUT2D eigenvalue weighted by Gasteiger charge is 2.32. The number of aliphatic hydroxyl groups excluding tert-OH is 1. The van der Waals surface area contributed by atoms with Crippen LogP contribution in [-0.4, -0.2) is 64.7 Å². The quantitative estimate of drug-likeness (QED) is 0.838. The van der Waals surface area contributed by atoms with Crippen molar-refractivity contribution in [1.29, 1.82) is 0 Å². The van der Waals surface area contributed by atoms with Crippen LogP contribution in [0, 0.1) is 0 Å². The molecule has 1 aromatic heterocycles. The van der Waals surface area contributed by atoms with Gasteiger partial charge in [-0.2, -0.15) is 0 Å². The van der Waals surface area contributed by atoms with Crippen molar-refractivity contribution in [3.63, 3.8) is 0 Å². The Morgan fingerprint density at radius 3 is 2.81 bits per heavy atom. The van der Waals surface area contributed by atoms with E-state index in [0.717, 1.165) is 51.9 Å². The number of β-amino-alcohol motifs (C(OH)–C–C–N with tert-alkyl or cyclic N) is 1. The minimum absolute atomic E-state index is 0.244. The van der Waals surface area contributed by atoms with E-state index in [4.69, 9.17) is 14.5 Å². The number of aromatic nitrogens is 2.